The van der Waals surface area contributed by atoms with Crippen LogP contribution in [0.3, 0.4) is 0 Å². The molecule has 134 valence electrons. The van der Waals surface area contributed by atoms with E-state index in [0.29, 0.717) is 23.5 Å². The molecular formula is C17H22N4O4. The van der Waals surface area contributed by atoms with Crippen molar-refractivity contribution in [1.29, 1.82) is 0 Å². The van der Waals surface area contributed by atoms with Crippen LogP contribution in [0.2, 0.25) is 0 Å². The summed E-state index contributed by atoms with van der Waals surface area (Å²) < 4.78 is 1.58. The molecule has 0 saturated heterocycles. The van der Waals surface area contributed by atoms with Crippen molar-refractivity contribution >= 4 is 11.6 Å². The van der Waals surface area contributed by atoms with Crippen molar-refractivity contribution in [1.82, 2.24) is 15.1 Å². The first kappa shape index (κ1) is 18.6. The minimum atomic E-state index is -0.696. The van der Waals surface area contributed by atoms with Crippen molar-refractivity contribution < 1.29 is 14.8 Å². The van der Waals surface area contributed by atoms with Gasteiger partial charge in [0.15, 0.2) is 0 Å². The SMILES string of the molecule is Cc1nn(Cc2ccc(C(=O)NC(C)(C)CO)cc2)c(C)c1[N+](=O)[O-]. The molecule has 1 heterocycles. The zero-order chi connectivity index (χ0) is 18.8. The zero-order valence-corrected chi connectivity index (χ0v) is 14.7. The van der Waals surface area contributed by atoms with Crippen LogP contribution < -0.4 is 5.32 Å². The van der Waals surface area contributed by atoms with Gasteiger partial charge in [-0.1, -0.05) is 12.1 Å². The number of aliphatic hydroxyl groups excluding tert-OH is 1. The third-order valence-corrected chi connectivity index (χ3v) is 3.92. The van der Waals surface area contributed by atoms with Crippen molar-refractivity contribution in [2.45, 2.75) is 39.8 Å². The Morgan fingerprint density at radius 2 is 1.92 bits per heavy atom. The second-order valence-corrected chi connectivity index (χ2v) is 6.63. The van der Waals surface area contributed by atoms with Gasteiger partial charge in [-0.05, 0) is 45.4 Å². The van der Waals surface area contributed by atoms with Crippen molar-refractivity contribution in [3.05, 3.63) is 56.9 Å². The monoisotopic (exact) mass is 346 g/mol. The minimum Gasteiger partial charge on any atom is -0.394 e. The third kappa shape index (κ3) is 4.21. The van der Waals surface area contributed by atoms with Crippen molar-refractivity contribution in [2.24, 2.45) is 0 Å². The summed E-state index contributed by atoms with van der Waals surface area (Å²) in [5, 5.41) is 27.2. The lowest BCUT2D eigenvalue weighted by atomic mass is 10.1. The minimum absolute atomic E-state index is 0.0298. The number of hydrogen-bond donors (Lipinski definition) is 2. The van der Waals surface area contributed by atoms with E-state index in [1.807, 2.05) is 0 Å². The largest absolute Gasteiger partial charge is 0.394 e. The molecule has 0 spiro atoms. The molecular weight excluding hydrogens is 324 g/mol. The smallest absolute Gasteiger partial charge is 0.312 e. The Morgan fingerprint density at radius 3 is 2.40 bits per heavy atom. The highest BCUT2D eigenvalue weighted by Gasteiger charge is 2.22. The quantitative estimate of drug-likeness (QED) is 0.613. The number of amides is 1. The second kappa shape index (κ2) is 7.02. The standard InChI is InChI=1S/C17H22N4O4/c1-11-15(21(24)25)12(2)20(19-11)9-13-5-7-14(8-6-13)16(23)18-17(3,4)10-22/h5-8,22H,9-10H2,1-4H3,(H,18,23). The zero-order valence-electron chi connectivity index (χ0n) is 14.7. The molecule has 2 aromatic rings. The molecule has 0 fully saturated rings. The Bertz CT molecular complexity index is 794. The Kier molecular flexibility index (Phi) is 5.22. The van der Waals surface area contributed by atoms with Crippen molar-refractivity contribution in [3.8, 4) is 0 Å². The van der Waals surface area contributed by atoms with Crippen LogP contribution in [-0.4, -0.2) is 37.9 Å². The Hall–Kier alpha value is -2.74. The number of nitrogens with one attached hydrogen (secondary N) is 1. The van der Waals surface area contributed by atoms with E-state index in [0.717, 1.165) is 5.56 Å². The average Bonchev–Trinajstić information content (AvgIpc) is 2.81. The molecule has 0 aliphatic heterocycles. The number of carbonyl (C=O) groups excluding carboxylic acids is 1. The molecule has 0 atom stereocenters. The number of rotatable bonds is 6. The second-order valence-electron chi connectivity index (χ2n) is 6.63. The van der Waals surface area contributed by atoms with Gasteiger partial charge in [-0.25, -0.2) is 0 Å². The van der Waals surface area contributed by atoms with Crippen LogP contribution in [0.5, 0.6) is 0 Å². The molecule has 8 heteroatoms. The van der Waals surface area contributed by atoms with Crippen LogP contribution in [0.4, 0.5) is 5.69 Å². The first-order valence-electron chi connectivity index (χ1n) is 7.85. The van der Waals surface area contributed by atoms with E-state index >= 15 is 0 Å². The molecule has 25 heavy (non-hydrogen) atoms. The van der Waals surface area contributed by atoms with E-state index in [-0.39, 0.29) is 18.2 Å². The molecule has 0 saturated carbocycles. The van der Waals surface area contributed by atoms with E-state index in [1.165, 1.54) is 0 Å². The molecule has 0 bridgehead atoms. The maximum atomic E-state index is 12.2. The van der Waals surface area contributed by atoms with E-state index in [4.69, 9.17) is 0 Å². The maximum Gasteiger partial charge on any atom is 0.312 e. The Morgan fingerprint density at radius 1 is 1.32 bits per heavy atom. The van der Waals surface area contributed by atoms with E-state index < -0.39 is 10.5 Å². The molecule has 2 rings (SSSR count). The summed E-state index contributed by atoms with van der Waals surface area (Å²) in [7, 11) is 0. The summed E-state index contributed by atoms with van der Waals surface area (Å²) in [5.41, 5.74) is 1.56. The topological polar surface area (TPSA) is 110 Å². The number of nitro groups is 1. The van der Waals surface area contributed by atoms with E-state index in [9.17, 15) is 20.0 Å². The first-order valence-corrected chi connectivity index (χ1v) is 7.85. The van der Waals surface area contributed by atoms with Gasteiger partial charge < -0.3 is 10.4 Å². The lowest BCUT2D eigenvalue weighted by Gasteiger charge is -2.23. The summed E-state index contributed by atoms with van der Waals surface area (Å²) in [6.07, 6.45) is 0. The molecule has 1 amide bonds. The van der Waals surface area contributed by atoms with Crippen molar-refractivity contribution in [3.63, 3.8) is 0 Å². The number of benzene rings is 1. The van der Waals surface area contributed by atoms with E-state index in [2.05, 4.69) is 10.4 Å². The van der Waals surface area contributed by atoms with Gasteiger partial charge in [0.05, 0.1) is 23.6 Å². The first-order chi connectivity index (χ1) is 11.6. The molecule has 0 radical (unpaired) electrons. The summed E-state index contributed by atoms with van der Waals surface area (Å²) in [5.74, 6) is -0.271. The number of nitrogens with zero attached hydrogens (tertiary/aromatic N) is 3. The fraction of sp³-hybridized carbons (Fsp3) is 0.412. The molecule has 8 nitrogen and oxygen atoms in total. The summed E-state index contributed by atoms with van der Waals surface area (Å²) >= 11 is 0. The normalized spacial score (nSPS) is 11.4. The summed E-state index contributed by atoms with van der Waals surface area (Å²) in [4.78, 5) is 22.8. The predicted molar refractivity (Wildman–Crippen MR) is 92.5 cm³/mol. The lowest BCUT2D eigenvalue weighted by Crippen LogP contribution is -2.46. The van der Waals surface area contributed by atoms with Crippen LogP contribution in [0.1, 0.15) is 41.2 Å². The molecule has 0 unspecified atom stereocenters. The number of carbonyl (C=O) groups is 1. The van der Waals surface area contributed by atoms with Gasteiger partial charge >= 0.3 is 5.69 Å². The molecule has 1 aromatic carbocycles. The highest BCUT2D eigenvalue weighted by Crippen LogP contribution is 2.22. The Labute approximate surface area is 145 Å². The average molecular weight is 346 g/mol. The molecule has 1 aromatic heterocycles. The van der Waals surface area contributed by atoms with Gasteiger partial charge in [-0.15, -0.1) is 0 Å². The third-order valence-electron chi connectivity index (χ3n) is 3.92. The van der Waals surface area contributed by atoms with Gasteiger partial charge in [0.1, 0.15) is 11.4 Å². The van der Waals surface area contributed by atoms with Crippen LogP contribution >= 0.6 is 0 Å². The number of hydrogen-bond acceptors (Lipinski definition) is 5. The molecule has 2 N–H and O–H groups in total. The fourth-order valence-electron chi connectivity index (χ4n) is 2.46. The maximum absolute atomic E-state index is 12.2. The molecule has 0 aliphatic carbocycles. The number of aliphatic hydroxyl groups is 1. The summed E-state index contributed by atoms with van der Waals surface area (Å²) in [6, 6.07) is 6.92. The van der Waals surface area contributed by atoms with Gasteiger partial charge in [-0.2, -0.15) is 5.10 Å². The van der Waals surface area contributed by atoms with Crippen LogP contribution in [0, 0.1) is 24.0 Å². The van der Waals surface area contributed by atoms with Crippen LogP contribution in [0.15, 0.2) is 24.3 Å². The fourth-order valence-corrected chi connectivity index (χ4v) is 2.46. The van der Waals surface area contributed by atoms with Gasteiger partial charge in [0.25, 0.3) is 5.91 Å². The van der Waals surface area contributed by atoms with Gasteiger partial charge in [0, 0.05) is 5.56 Å². The van der Waals surface area contributed by atoms with Gasteiger partial charge in [0.2, 0.25) is 0 Å². The lowest BCUT2D eigenvalue weighted by molar-refractivity contribution is -0.386. The van der Waals surface area contributed by atoms with Gasteiger partial charge in [-0.3, -0.25) is 19.6 Å². The molecule has 0 aliphatic rings. The highest BCUT2D eigenvalue weighted by molar-refractivity contribution is 5.94. The van der Waals surface area contributed by atoms with Crippen LogP contribution in [0.25, 0.3) is 0 Å². The predicted octanol–water partition coefficient (Wildman–Crippen LogP) is 1.96. The van der Waals surface area contributed by atoms with Crippen molar-refractivity contribution in [2.75, 3.05) is 6.61 Å². The van der Waals surface area contributed by atoms with E-state index in [1.54, 1.807) is 56.6 Å². The summed E-state index contributed by atoms with van der Waals surface area (Å²) in [6.45, 7) is 6.96. The van der Waals surface area contributed by atoms with Crippen LogP contribution in [-0.2, 0) is 6.54 Å². The number of aryl methyl sites for hydroxylation is 1. The number of aromatic nitrogens is 2. The highest BCUT2D eigenvalue weighted by atomic mass is 16.6. The Balaban J connectivity index is 2.15.